The van der Waals surface area contributed by atoms with Crippen LogP contribution < -0.4 is 4.80 Å². The van der Waals surface area contributed by atoms with E-state index in [2.05, 4.69) is 4.99 Å². The lowest BCUT2D eigenvalue weighted by atomic mass is 10.1. The molecule has 144 valence electrons. The normalized spacial score (nSPS) is 17.3. The van der Waals surface area contributed by atoms with Crippen LogP contribution in [0.25, 0.3) is 16.8 Å². The topological polar surface area (TPSA) is 37.6 Å². The van der Waals surface area contributed by atoms with E-state index in [-0.39, 0.29) is 12.4 Å². The number of halogens is 2. The second-order valence-electron chi connectivity index (χ2n) is 6.77. The molecule has 0 radical (unpaired) electrons. The van der Waals surface area contributed by atoms with Gasteiger partial charge in [-0.3, -0.25) is 4.57 Å². The van der Waals surface area contributed by atoms with Gasteiger partial charge in [0.15, 0.2) is 4.80 Å². The van der Waals surface area contributed by atoms with Crippen LogP contribution in [-0.2, 0) is 0 Å². The molecule has 1 saturated heterocycles. The van der Waals surface area contributed by atoms with Gasteiger partial charge in [0.2, 0.25) is 0 Å². The zero-order chi connectivity index (χ0) is 19.7. The lowest BCUT2D eigenvalue weighted by Gasteiger charge is -2.11. The summed E-state index contributed by atoms with van der Waals surface area (Å²) in [7, 11) is 0. The summed E-state index contributed by atoms with van der Waals surface area (Å²) in [6.45, 7) is 2.46. The first kappa shape index (κ1) is 18.6. The fraction of sp³-hybridized carbons (Fsp3) is 0.238. The zero-order valence-corrected chi connectivity index (χ0v) is 16.1. The van der Waals surface area contributed by atoms with Crippen LogP contribution in [0.15, 0.2) is 59.7 Å². The number of nitrogens with zero attached hydrogens (tertiary/aromatic N) is 3. The van der Waals surface area contributed by atoms with Crippen molar-refractivity contribution in [3.8, 4) is 16.8 Å². The Hall–Kier alpha value is -2.80. The number of hydrogen-bond acceptors (Lipinski definition) is 2. The van der Waals surface area contributed by atoms with Crippen LogP contribution in [0.4, 0.5) is 13.6 Å². The molecule has 1 aromatic heterocycles. The molecule has 1 fully saturated rings. The highest BCUT2D eigenvalue weighted by Crippen LogP contribution is 2.21. The van der Waals surface area contributed by atoms with Crippen LogP contribution in [0.5, 0.6) is 0 Å². The summed E-state index contributed by atoms with van der Waals surface area (Å²) in [4.78, 5) is 19.6. The quantitative estimate of drug-likeness (QED) is 0.615. The molecular formula is C21H19F2N3OS. The third-order valence-corrected chi connectivity index (χ3v) is 5.58. The van der Waals surface area contributed by atoms with Crippen LogP contribution in [0.1, 0.15) is 11.3 Å². The van der Waals surface area contributed by atoms with E-state index in [1.165, 1.54) is 28.4 Å². The molecule has 2 amide bonds. The highest BCUT2D eigenvalue weighted by Gasteiger charge is 2.25. The summed E-state index contributed by atoms with van der Waals surface area (Å²) in [5.41, 5.74) is 2.76. The van der Waals surface area contributed by atoms with Gasteiger partial charge in [0.05, 0.1) is 6.54 Å². The zero-order valence-electron chi connectivity index (χ0n) is 15.3. The third-order valence-electron chi connectivity index (χ3n) is 4.68. The summed E-state index contributed by atoms with van der Waals surface area (Å²) in [6, 6.07) is 13.7. The predicted molar refractivity (Wildman–Crippen MR) is 106 cm³/mol. The summed E-state index contributed by atoms with van der Waals surface area (Å²) in [5.74, 6) is -0.266. The van der Waals surface area contributed by atoms with Crippen molar-refractivity contribution in [3.05, 3.63) is 70.2 Å². The number of alkyl halides is 1. The first-order valence-electron chi connectivity index (χ1n) is 9.03. The van der Waals surface area contributed by atoms with Crippen molar-refractivity contribution in [1.82, 2.24) is 9.47 Å². The van der Waals surface area contributed by atoms with Crippen molar-refractivity contribution >= 4 is 17.4 Å². The molecule has 0 aliphatic carbocycles. The predicted octanol–water partition coefficient (Wildman–Crippen LogP) is 4.72. The molecule has 1 atom stereocenters. The average Bonchev–Trinajstić information content (AvgIpc) is 3.28. The fourth-order valence-electron chi connectivity index (χ4n) is 3.22. The van der Waals surface area contributed by atoms with Crippen molar-refractivity contribution < 1.29 is 13.6 Å². The number of amides is 2. The number of likely N-dealkylation sites (tertiary alicyclic amines) is 1. The SMILES string of the molecule is Cc1cn(-c2ccc(-c3ccc(F)cc3)cc2)c(=NC(=O)N2CC[C@@H](F)C2)s1. The Morgan fingerprint density at radius 2 is 1.75 bits per heavy atom. The van der Waals surface area contributed by atoms with Gasteiger partial charge in [-0.25, -0.2) is 13.6 Å². The van der Waals surface area contributed by atoms with E-state index in [0.717, 1.165) is 21.7 Å². The smallest absolute Gasteiger partial charge is 0.320 e. The molecule has 7 heteroatoms. The molecule has 0 saturated carbocycles. The van der Waals surface area contributed by atoms with Crippen LogP contribution in [0.2, 0.25) is 0 Å². The van der Waals surface area contributed by atoms with Gasteiger partial charge in [-0.05, 0) is 48.7 Å². The molecule has 1 aliphatic rings. The third kappa shape index (κ3) is 3.89. The number of aryl methyl sites for hydroxylation is 1. The molecule has 1 aliphatic heterocycles. The van der Waals surface area contributed by atoms with Gasteiger partial charge < -0.3 is 4.90 Å². The molecule has 0 spiro atoms. The number of carbonyl (C=O) groups excluding carboxylic acids is 1. The van der Waals surface area contributed by atoms with Crippen molar-refractivity contribution in [2.45, 2.75) is 19.5 Å². The summed E-state index contributed by atoms with van der Waals surface area (Å²) in [6.07, 6.45) is 1.33. The summed E-state index contributed by atoms with van der Waals surface area (Å²) < 4.78 is 28.3. The van der Waals surface area contributed by atoms with Gasteiger partial charge in [0.25, 0.3) is 0 Å². The van der Waals surface area contributed by atoms with Crippen LogP contribution in [0, 0.1) is 12.7 Å². The van der Waals surface area contributed by atoms with Gasteiger partial charge >= 0.3 is 6.03 Å². The van der Waals surface area contributed by atoms with Crippen molar-refractivity contribution in [2.75, 3.05) is 13.1 Å². The Morgan fingerprint density at radius 1 is 1.11 bits per heavy atom. The number of rotatable bonds is 2. The van der Waals surface area contributed by atoms with Gasteiger partial charge in [0, 0.05) is 23.3 Å². The van der Waals surface area contributed by atoms with Crippen LogP contribution >= 0.6 is 11.3 Å². The van der Waals surface area contributed by atoms with E-state index in [0.29, 0.717) is 17.8 Å². The van der Waals surface area contributed by atoms with E-state index in [1.54, 1.807) is 12.1 Å². The largest absolute Gasteiger partial charge is 0.346 e. The lowest BCUT2D eigenvalue weighted by molar-refractivity contribution is 0.213. The first-order valence-corrected chi connectivity index (χ1v) is 9.84. The van der Waals surface area contributed by atoms with Crippen molar-refractivity contribution in [3.63, 3.8) is 0 Å². The Kier molecular flexibility index (Phi) is 5.09. The molecule has 2 aromatic carbocycles. The van der Waals surface area contributed by atoms with E-state index in [9.17, 15) is 13.6 Å². The number of carbonyl (C=O) groups is 1. The minimum absolute atomic E-state index is 0.110. The van der Waals surface area contributed by atoms with Crippen molar-refractivity contribution in [2.24, 2.45) is 4.99 Å². The molecule has 4 nitrogen and oxygen atoms in total. The average molecular weight is 399 g/mol. The first-order chi connectivity index (χ1) is 13.5. The number of hydrogen-bond donors (Lipinski definition) is 0. The summed E-state index contributed by atoms with van der Waals surface area (Å²) >= 11 is 1.41. The fourth-order valence-corrected chi connectivity index (χ4v) is 4.05. The maximum atomic E-state index is 13.4. The summed E-state index contributed by atoms with van der Waals surface area (Å²) in [5, 5.41) is 0. The maximum Gasteiger partial charge on any atom is 0.346 e. The molecular weight excluding hydrogens is 380 g/mol. The number of aromatic nitrogens is 1. The van der Waals surface area contributed by atoms with Gasteiger partial charge in [-0.1, -0.05) is 24.3 Å². The van der Waals surface area contributed by atoms with E-state index < -0.39 is 12.2 Å². The van der Waals surface area contributed by atoms with Gasteiger partial charge in [0.1, 0.15) is 12.0 Å². The number of thiazole rings is 1. The molecule has 4 rings (SSSR count). The molecule has 3 aromatic rings. The van der Waals surface area contributed by atoms with Crippen molar-refractivity contribution in [1.29, 1.82) is 0 Å². The minimum atomic E-state index is -0.963. The Bertz CT molecular complexity index is 1050. The highest BCUT2D eigenvalue weighted by atomic mass is 32.1. The molecule has 0 N–H and O–H groups in total. The Morgan fingerprint density at radius 3 is 2.36 bits per heavy atom. The van der Waals surface area contributed by atoms with Crippen LogP contribution in [0.3, 0.4) is 0 Å². The van der Waals surface area contributed by atoms with Crippen LogP contribution in [-0.4, -0.2) is 34.8 Å². The molecule has 2 heterocycles. The second kappa shape index (κ2) is 7.67. The standard InChI is InChI=1S/C21H19F2N3OS/c1-14-12-26(21(28-14)24-20(27)25-11-10-18(23)13-25)19-8-4-16(5-9-19)15-2-6-17(22)7-3-15/h2-9,12,18H,10-11,13H2,1H3/t18-/m1/s1. The van der Waals surface area contributed by atoms with Gasteiger partial charge in [-0.2, -0.15) is 4.99 Å². The molecule has 28 heavy (non-hydrogen) atoms. The Labute approximate surface area is 165 Å². The molecule has 0 bridgehead atoms. The highest BCUT2D eigenvalue weighted by molar-refractivity contribution is 7.09. The number of urea groups is 1. The lowest BCUT2D eigenvalue weighted by Crippen LogP contribution is -2.28. The number of benzene rings is 2. The van der Waals surface area contributed by atoms with Gasteiger partial charge in [-0.15, -0.1) is 11.3 Å². The Balaban J connectivity index is 1.63. The minimum Gasteiger partial charge on any atom is -0.320 e. The maximum absolute atomic E-state index is 13.4. The monoisotopic (exact) mass is 399 g/mol. The molecule has 0 unspecified atom stereocenters. The van der Waals surface area contributed by atoms with E-state index in [4.69, 9.17) is 0 Å². The van der Waals surface area contributed by atoms with E-state index in [1.807, 2.05) is 42.0 Å². The second-order valence-corrected chi connectivity index (χ2v) is 7.99. The van der Waals surface area contributed by atoms with E-state index >= 15 is 0 Å².